The van der Waals surface area contributed by atoms with E-state index in [-0.39, 0.29) is 0 Å². The van der Waals surface area contributed by atoms with Gasteiger partial charge in [0.1, 0.15) is 0 Å². The molecule has 1 aromatic heterocycles. The third-order valence-corrected chi connectivity index (χ3v) is 3.28. The minimum absolute atomic E-state index is 0.599. The first-order valence-electron chi connectivity index (χ1n) is 6.47. The second kappa shape index (κ2) is 5.00. The number of hydrogen-bond acceptors (Lipinski definition) is 2. The molecular weight excluding hydrogens is 198 g/mol. The maximum Gasteiger partial charge on any atom is 0.0492 e. The largest absolute Gasteiger partial charge is 0.314 e. The van der Waals surface area contributed by atoms with Crippen LogP contribution < -0.4 is 5.32 Å². The summed E-state index contributed by atoms with van der Waals surface area (Å²) in [5, 5.41) is 7.91. The lowest BCUT2D eigenvalue weighted by Crippen LogP contribution is -2.25. The van der Waals surface area contributed by atoms with E-state index in [0.29, 0.717) is 6.04 Å². The first-order valence-corrected chi connectivity index (χ1v) is 6.47. The molecule has 3 nitrogen and oxygen atoms in total. The van der Waals surface area contributed by atoms with Gasteiger partial charge in [0.05, 0.1) is 0 Å². The number of hydrogen-bond donors (Lipinski definition) is 1. The zero-order chi connectivity index (χ0) is 11.5. The van der Waals surface area contributed by atoms with Crippen molar-refractivity contribution in [2.24, 2.45) is 5.92 Å². The van der Waals surface area contributed by atoms with Gasteiger partial charge >= 0.3 is 0 Å². The van der Waals surface area contributed by atoms with Crippen molar-refractivity contribution in [2.75, 3.05) is 6.54 Å². The van der Waals surface area contributed by atoms with E-state index < -0.39 is 0 Å². The van der Waals surface area contributed by atoms with Crippen LogP contribution in [0.4, 0.5) is 0 Å². The molecule has 16 heavy (non-hydrogen) atoms. The topological polar surface area (TPSA) is 29.9 Å². The maximum absolute atomic E-state index is 4.39. The van der Waals surface area contributed by atoms with Crippen molar-refractivity contribution in [3.63, 3.8) is 0 Å². The van der Waals surface area contributed by atoms with E-state index in [1.54, 1.807) is 0 Å². The third-order valence-electron chi connectivity index (χ3n) is 3.28. The quantitative estimate of drug-likeness (QED) is 0.799. The van der Waals surface area contributed by atoms with Gasteiger partial charge in [-0.2, -0.15) is 5.10 Å². The molecule has 1 saturated carbocycles. The first kappa shape index (κ1) is 11.6. The van der Waals surface area contributed by atoms with Crippen LogP contribution in [0, 0.1) is 5.92 Å². The minimum atomic E-state index is 0.599. The molecule has 2 atom stereocenters. The maximum atomic E-state index is 4.39. The Kier molecular flexibility index (Phi) is 3.64. The summed E-state index contributed by atoms with van der Waals surface area (Å²) in [6.45, 7) is 8.83. The lowest BCUT2D eigenvalue weighted by molar-refractivity contribution is 0.537. The lowest BCUT2D eigenvalue weighted by Gasteiger charge is -2.08. The Labute approximate surface area is 98.2 Å². The Balaban J connectivity index is 1.87. The van der Waals surface area contributed by atoms with Crippen LogP contribution in [0.2, 0.25) is 0 Å². The fraction of sp³-hybridized carbons (Fsp3) is 0.769. The van der Waals surface area contributed by atoms with Crippen molar-refractivity contribution in [3.05, 3.63) is 18.0 Å². The van der Waals surface area contributed by atoms with Crippen LogP contribution >= 0.6 is 0 Å². The van der Waals surface area contributed by atoms with E-state index in [1.807, 2.05) is 6.20 Å². The van der Waals surface area contributed by atoms with Gasteiger partial charge in [-0.3, -0.25) is 4.68 Å². The molecule has 2 unspecified atom stereocenters. The summed E-state index contributed by atoms with van der Waals surface area (Å²) in [4.78, 5) is 0. The number of aryl methyl sites for hydroxylation is 1. The van der Waals surface area contributed by atoms with Gasteiger partial charge in [-0.05, 0) is 31.4 Å². The van der Waals surface area contributed by atoms with E-state index in [1.165, 1.54) is 12.1 Å². The predicted molar refractivity (Wildman–Crippen MR) is 66.5 cm³/mol. The van der Waals surface area contributed by atoms with Gasteiger partial charge in [0.15, 0.2) is 0 Å². The zero-order valence-electron chi connectivity index (χ0n) is 10.6. The van der Waals surface area contributed by atoms with E-state index in [4.69, 9.17) is 0 Å². The molecule has 0 aromatic carbocycles. The molecule has 2 rings (SSSR count). The van der Waals surface area contributed by atoms with Crippen LogP contribution in [0.1, 0.15) is 45.2 Å². The van der Waals surface area contributed by atoms with Gasteiger partial charge in [0.25, 0.3) is 0 Å². The highest BCUT2D eigenvalue weighted by atomic mass is 15.3. The van der Waals surface area contributed by atoms with Gasteiger partial charge in [0.2, 0.25) is 0 Å². The Hall–Kier alpha value is -0.830. The Morgan fingerprint density at radius 1 is 1.56 bits per heavy atom. The molecule has 0 bridgehead atoms. The number of nitrogens with zero attached hydrogens (tertiary/aromatic N) is 2. The fourth-order valence-corrected chi connectivity index (χ4v) is 2.28. The highest BCUT2D eigenvalue weighted by molar-refractivity contribution is 5.17. The van der Waals surface area contributed by atoms with Crippen molar-refractivity contribution < 1.29 is 0 Å². The standard InChI is InChI=1S/C13H23N3/c1-4-7-16-13(5-6-15-16)12-8-11(12)9-14-10(2)3/h5-6,10-12,14H,4,7-9H2,1-3H3. The zero-order valence-corrected chi connectivity index (χ0v) is 10.6. The van der Waals surface area contributed by atoms with Crippen molar-refractivity contribution in [3.8, 4) is 0 Å². The van der Waals surface area contributed by atoms with E-state index >= 15 is 0 Å². The highest BCUT2D eigenvalue weighted by Crippen LogP contribution is 2.46. The van der Waals surface area contributed by atoms with Crippen molar-refractivity contribution >= 4 is 0 Å². The summed E-state index contributed by atoms with van der Waals surface area (Å²) in [5.41, 5.74) is 1.44. The number of rotatable bonds is 6. The van der Waals surface area contributed by atoms with Crippen LogP contribution in [0.15, 0.2) is 12.3 Å². The molecule has 1 aliphatic carbocycles. The second-order valence-corrected chi connectivity index (χ2v) is 5.14. The van der Waals surface area contributed by atoms with Crippen LogP contribution in [0.25, 0.3) is 0 Å². The van der Waals surface area contributed by atoms with Crippen molar-refractivity contribution in [1.29, 1.82) is 0 Å². The molecule has 1 aliphatic rings. The van der Waals surface area contributed by atoms with E-state index in [9.17, 15) is 0 Å². The van der Waals surface area contributed by atoms with Crippen LogP contribution in [-0.4, -0.2) is 22.4 Å². The summed E-state index contributed by atoms with van der Waals surface area (Å²) in [6, 6.07) is 2.79. The van der Waals surface area contributed by atoms with E-state index in [2.05, 4.69) is 41.9 Å². The van der Waals surface area contributed by atoms with Crippen LogP contribution in [0.5, 0.6) is 0 Å². The summed E-state index contributed by atoms with van der Waals surface area (Å²) < 4.78 is 2.18. The average Bonchev–Trinajstić information content (AvgIpc) is 2.87. The average molecular weight is 221 g/mol. The molecule has 0 amide bonds. The summed E-state index contributed by atoms with van der Waals surface area (Å²) in [5.74, 6) is 1.58. The summed E-state index contributed by atoms with van der Waals surface area (Å²) in [7, 11) is 0. The normalized spacial score (nSPS) is 24.0. The number of aromatic nitrogens is 2. The van der Waals surface area contributed by atoms with Gasteiger partial charge in [-0.1, -0.05) is 20.8 Å². The molecule has 1 aromatic rings. The molecule has 3 heteroatoms. The summed E-state index contributed by atoms with van der Waals surface area (Å²) in [6.07, 6.45) is 4.43. The third kappa shape index (κ3) is 2.64. The van der Waals surface area contributed by atoms with Gasteiger partial charge in [0, 0.05) is 30.4 Å². The number of nitrogens with one attached hydrogen (secondary N) is 1. The minimum Gasteiger partial charge on any atom is -0.314 e. The highest BCUT2D eigenvalue weighted by Gasteiger charge is 2.39. The molecule has 1 fully saturated rings. The Bertz CT molecular complexity index is 330. The molecular formula is C13H23N3. The molecule has 1 N–H and O–H groups in total. The molecule has 0 saturated heterocycles. The molecule has 0 aliphatic heterocycles. The SMILES string of the molecule is CCCn1nccc1C1CC1CNC(C)C. The van der Waals surface area contributed by atoms with Gasteiger partial charge in [-0.25, -0.2) is 0 Å². The Morgan fingerprint density at radius 3 is 3.06 bits per heavy atom. The summed E-state index contributed by atoms with van der Waals surface area (Å²) >= 11 is 0. The van der Waals surface area contributed by atoms with Crippen LogP contribution in [-0.2, 0) is 6.54 Å². The first-order chi connectivity index (χ1) is 7.72. The van der Waals surface area contributed by atoms with Crippen molar-refractivity contribution in [2.45, 2.75) is 52.1 Å². The smallest absolute Gasteiger partial charge is 0.0492 e. The van der Waals surface area contributed by atoms with Gasteiger partial charge in [-0.15, -0.1) is 0 Å². The van der Waals surface area contributed by atoms with Crippen LogP contribution in [0.3, 0.4) is 0 Å². The van der Waals surface area contributed by atoms with Gasteiger partial charge < -0.3 is 5.32 Å². The second-order valence-electron chi connectivity index (χ2n) is 5.14. The monoisotopic (exact) mass is 221 g/mol. The molecule has 90 valence electrons. The molecule has 0 spiro atoms. The van der Waals surface area contributed by atoms with Crippen molar-refractivity contribution in [1.82, 2.24) is 15.1 Å². The molecule has 0 radical (unpaired) electrons. The lowest BCUT2D eigenvalue weighted by atomic mass is 10.2. The van der Waals surface area contributed by atoms with E-state index in [0.717, 1.165) is 31.3 Å². The predicted octanol–water partition coefficient (Wildman–Crippen LogP) is 2.39. The Morgan fingerprint density at radius 2 is 2.38 bits per heavy atom. The molecule has 1 heterocycles. The fourth-order valence-electron chi connectivity index (χ4n) is 2.28.